The average molecular weight is 249 g/mol. The summed E-state index contributed by atoms with van der Waals surface area (Å²) in [7, 11) is 0. The molecule has 1 N–H and O–H groups in total. The average Bonchev–Trinajstić information content (AvgIpc) is 2.42. The number of nitrogens with zero attached hydrogens (tertiary/aromatic N) is 1. The second kappa shape index (κ2) is 6.40. The van der Waals surface area contributed by atoms with Crippen LogP contribution in [0.25, 0.3) is 0 Å². The first-order valence-corrected chi connectivity index (χ1v) is 6.29. The van der Waals surface area contributed by atoms with Crippen LogP contribution in [-0.4, -0.2) is 30.2 Å². The van der Waals surface area contributed by atoms with Gasteiger partial charge in [0.2, 0.25) is 0 Å². The highest BCUT2D eigenvalue weighted by Gasteiger charge is 2.14. The minimum Gasteiger partial charge on any atom is -0.490 e. The van der Waals surface area contributed by atoms with Gasteiger partial charge < -0.3 is 14.7 Å². The lowest BCUT2D eigenvalue weighted by molar-refractivity contribution is 0.0255. The van der Waals surface area contributed by atoms with Gasteiger partial charge in [-0.1, -0.05) is 17.3 Å². The van der Waals surface area contributed by atoms with Crippen LogP contribution in [0.2, 0.25) is 0 Å². The van der Waals surface area contributed by atoms with Gasteiger partial charge >= 0.3 is 0 Å². The van der Waals surface area contributed by atoms with Crippen molar-refractivity contribution in [2.24, 2.45) is 5.16 Å². The molecule has 0 radical (unpaired) electrons. The molecule has 18 heavy (non-hydrogen) atoms. The maximum Gasteiger partial charge on any atom is 0.119 e. The predicted octanol–water partition coefficient (Wildman–Crippen LogP) is 2.64. The molecule has 0 unspecified atom stereocenters. The van der Waals surface area contributed by atoms with Crippen molar-refractivity contribution in [1.82, 2.24) is 0 Å². The SMILES string of the molecule is C/C(Cc1ccc(OC2CCOCC2)cc1)=N/O. The van der Waals surface area contributed by atoms with E-state index in [1.807, 2.05) is 24.3 Å². The molecular formula is C14H19NO3. The molecule has 4 nitrogen and oxygen atoms in total. The quantitative estimate of drug-likeness (QED) is 0.507. The van der Waals surface area contributed by atoms with Crippen LogP contribution in [0.4, 0.5) is 0 Å². The van der Waals surface area contributed by atoms with E-state index in [0.717, 1.165) is 37.4 Å². The smallest absolute Gasteiger partial charge is 0.119 e. The standard InChI is InChI=1S/C14H19NO3/c1-11(15-16)10-12-2-4-13(5-3-12)18-14-6-8-17-9-7-14/h2-5,14,16H,6-10H2,1H3/b15-11-. The van der Waals surface area contributed by atoms with Crippen LogP contribution in [0.15, 0.2) is 29.4 Å². The summed E-state index contributed by atoms with van der Waals surface area (Å²) >= 11 is 0. The molecule has 0 aliphatic carbocycles. The fourth-order valence-electron chi connectivity index (χ4n) is 2.00. The highest BCUT2D eigenvalue weighted by Crippen LogP contribution is 2.18. The molecule has 1 aliphatic heterocycles. The fraction of sp³-hybridized carbons (Fsp3) is 0.500. The van der Waals surface area contributed by atoms with Crippen molar-refractivity contribution in [1.29, 1.82) is 0 Å². The second-order valence-electron chi connectivity index (χ2n) is 4.59. The van der Waals surface area contributed by atoms with Crippen molar-refractivity contribution in [3.63, 3.8) is 0 Å². The Kier molecular flexibility index (Phi) is 4.59. The Hall–Kier alpha value is -1.55. The summed E-state index contributed by atoms with van der Waals surface area (Å²) in [5, 5.41) is 11.8. The number of rotatable bonds is 4. The van der Waals surface area contributed by atoms with Crippen LogP contribution in [-0.2, 0) is 11.2 Å². The molecule has 0 spiro atoms. The van der Waals surface area contributed by atoms with Crippen molar-refractivity contribution in [3.05, 3.63) is 29.8 Å². The molecule has 4 heteroatoms. The maximum absolute atomic E-state index is 8.62. The van der Waals surface area contributed by atoms with E-state index in [-0.39, 0.29) is 6.10 Å². The van der Waals surface area contributed by atoms with Gasteiger partial charge in [0.1, 0.15) is 11.9 Å². The minimum absolute atomic E-state index is 0.269. The number of hydrogen-bond donors (Lipinski definition) is 1. The van der Waals surface area contributed by atoms with E-state index in [1.165, 1.54) is 0 Å². The summed E-state index contributed by atoms with van der Waals surface area (Å²) in [5.41, 5.74) is 1.82. The molecule has 0 saturated carbocycles. The summed E-state index contributed by atoms with van der Waals surface area (Å²) < 4.78 is 11.2. The van der Waals surface area contributed by atoms with Gasteiger partial charge in [-0.3, -0.25) is 0 Å². The monoisotopic (exact) mass is 249 g/mol. The van der Waals surface area contributed by atoms with Crippen LogP contribution < -0.4 is 4.74 Å². The van der Waals surface area contributed by atoms with Crippen LogP contribution in [0.3, 0.4) is 0 Å². The van der Waals surface area contributed by atoms with Gasteiger partial charge in [-0.05, 0) is 24.6 Å². The summed E-state index contributed by atoms with van der Waals surface area (Å²) in [4.78, 5) is 0. The Labute approximate surface area is 107 Å². The Morgan fingerprint density at radius 3 is 2.61 bits per heavy atom. The molecule has 0 amide bonds. The largest absolute Gasteiger partial charge is 0.490 e. The van der Waals surface area contributed by atoms with E-state index in [2.05, 4.69) is 5.16 Å². The normalized spacial score (nSPS) is 17.7. The first-order valence-electron chi connectivity index (χ1n) is 6.29. The summed E-state index contributed by atoms with van der Waals surface area (Å²) in [6, 6.07) is 7.94. The lowest BCUT2D eigenvalue weighted by Crippen LogP contribution is -2.25. The van der Waals surface area contributed by atoms with Gasteiger partial charge in [-0.25, -0.2) is 0 Å². The number of oxime groups is 1. The molecular weight excluding hydrogens is 230 g/mol. The van der Waals surface area contributed by atoms with E-state index in [4.69, 9.17) is 14.7 Å². The van der Waals surface area contributed by atoms with Gasteiger partial charge in [-0.15, -0.1) is 0 Å². The maximum atomic E-state index is 8.62. The van der Waals surface area contributed by atoms with Gasteiger partial charge in [-0.2, -0.15) is 0 Å². The summed E-state index contributed by atoms with van der Waals surface area (Å²) in [6.07, 6.45) is 2.84. The number of ether oxygens (including phenoxy) is 2. The molecule has 0 bridgehead atoms. The number of benzene rings is 1. The first kappa shape index (κ1) is 12.9. The van der Waals surface area contributed by atoms with Crippen molar-refractivity contribution in [2.75, 3.05) is 13.2 Å². The molecule has 1 aromatic rings. The molecule has 1 saturated heterocycles. The van der Waals surface area contributed by atoms with Gasteiger partial charge in [0.15, 0.2) is 0 Å². The van der Waals surface area contributed by atoms with E-state index in [1.54, 1.807) is 6.92 Å². The fourth-order valence-corrected chi connectivity index (χ4v) is 2.00. The Balaban J connectivity index is 1.90. The van der Waals surface area contributed by atoms with Crippen molar-refractivity contribution < 1.29 is 14.7 Å². The molecule has 1 heterocycles. The topological polar surface area (TPSA) is 51.0 Å². The Bertz CT molecular complexity index is 394. The van der Waals surface area contributed by atoms with Crippen LogP contribution in [0.1, 0.15) is 25.3 Å². The molecule has 1 fully saturated rings. The third-order valence-electron chi connectivity index (χ3n) is 3.03. The molecule has 1 aromatic carbocycles. The van der Waals surface area contributed by atoms with E-state index >= 15 is 0 Å². The molecule has 1 aliphatic rings. The molecule has 0 aromatic heterocycles. The van der Waals surface area contributed by atoms with Crippen molar-refractivity contribution >= 4 is 5.71 Å². The lowest BCUT2D eigenvalue weighted by atomic mass is 10.1. The lowest BCUT2D eigenvalue weighted by Gasteiger charge is -2.23. The first-order chi connectivity index (χ1) is 8.78. The zero-order chi connectivity index (χ0) is 12.8. The minimum atomic E-state index is 0.269. The van der Waals surface area contributed by atoms with Crippen molar-refractivity contribution in [2.45, 2.75) is 32.3 Å². The Morgan fingerprint density at radius 1 is 1.33 bits per heavy atom. The second-order valence-corrected chi connectivity index (χ2v) is 4.59. The van der Waals surface area contributed by atoms with Gasteiger partial charge in [0, 0.05) is 19.3 Å². The van der Waals surface area contributed by atoms with Crippen LogP contribution >= 0.6 is 0 Å². The van der Waals surface area contributed by atoms with E-state index in [0.29, 0.717) is 12.1 Å². The van der Waals surface area contributed by atoms with Gasteiger partial charge in [0.25, 0.3) is 0 Å². The van der Waals surface area contributed by atoms with E-state index < -0.39 is 0 Å². The number of hydrogen-bond acceptors (Lipinski definition) is 4. The van der Waals surface area contributed by atoms with Crippen molar-refractivity contribution in [3.8, 4) is 5.75 Å². The third kappa shape index (κ3) is 3.74. The summed E-state index contributed by atoms with van der Waals surface area (Å²) in [6.45, 7) is 3.37. The highest BCUT2D eigenvalue weighted by atomic mass is 16.5. The molecule has 0 atom stereocenters. The summed E-state index contributed by atoms with van der Waals surface area (Å²) in [5.74, 6) is 0.893. The van der Waals surface area contributed by atoms with Gasteiger partial charge in [0.05, 0.1) is 18.9 Å². The predicted molar refractivity (Wildman–Crippen MR) is 69.5 cm³/mol. The zero-order valence-corrected chi connectivity index (χ0v) is 10.6. The molecule has 2 rings (SSSR count). The Morgan fingerprint density at radius 2 is 2.00 bits per heavy atom. The van der Waals surface area contributed by atoms with Crippen LogP contribution in [0.5, 0.6) is 5.75 Å². The highest BCUT2D eigenvalue weighted by molar-refractivity contribution is 5.83. The molecule has 98 valence electrons. The van der Waals surface area contributed by atoms with E-state index in [9.17, 15) is 0 Å². The third-order valence-corrected chi connectivity index (χ3v) is 3.03. The zero-order valence-electron chi connectivity index (χ0n) is 10.6. The van der Waals surface area contributed by atoms with Crippen LogP contribution in [0, 0.1) is 0 Å².